The van der Waals surface area contributed by atoms with E-state index in [9.17, 15) is 23.1 Å². The zero-order valence-corrected chi connectivity index (χ0v) is 21.9. The van der Waals surface area contributed by atoms with E-state index >= 15 is 0 Å². The van der Waals surface area contributed by atoms with Gasteiger partial charge in [0.15, 0.2) is 5.78 Å². The maximum atomic E-state index is 13.6. The van der Waals surface area contributed by atoms with E-state index < -0.39 is 22.5 Å². The Morgan fingerprint density at radius 2 is 1.71 bits per heavy atom. The number of aromatic nitrogens is 1. The number of benzene rings is 3. The van der Waals surface area contributed by atoms with Crippen LogP contribution in [-0.4, -0.2) is 42.6 Å². The van der Waals surface area contributed by atoms with E-state index in [0.717, 1.165) is 9.87 Å². The average molecular weight is 553 g/mol. The second kappa shape index (κ2) is 10.7. The van der Waals surface area contributed by atoms with Crippen molar-refractivity contribution in [3.63, 3.8) is 0 Å². The summed E-state index contributed by atoms with van der Waals surface area (Å²) in [5, 5.41) is 17.7. The number of Topliss-reactive ketones (excluding diaryl/α,β-unsaturated/α-hetero) is 1. The predicted octanol–water partition coefficient (Wildman–Crippen LogP) is 4.51. The van der Waals surface area contributed by atoms with Crippen molar-refractivity contribution in [1.82, 2.24) is 4.98 Å². The summed E-state index contributed by atoms with van der Waals surface area (Å²) in [5.74, 6) is -1.53. The Balaban J connectivity index is 1.67. The molecule has 0 atom stereocenters. The summed E-state index contributed by atoms with van der Waals surface area (Å²) < 4.78 is 28.0. The number of aryl methyl sites for hydroxylation is 2. The van der Waals surface area contributed by atoms with Gasteiger partial charge in [-0.2, -0.15) is 0 Å². The predicted molar refractivity (Wildman–Crippen MR) is 147 cm³/mol. The van der Waals surface area contributed by atoms with Crippen molar-refractivity contribution in [2.75, 3.05) is 10.8 Å². The number of H-pyrrole nitrogens is 1. The number of anilines is 1. The third-order valence-corrected chi connectivity index (χ3v) is 8.15. The number of carbonyl (C=O) groups excluding carboxylic acids is 1. The molecule has 11 heteroatoms. The number of hydrogen-bond donors (Lipinski definition) is 4. The SMILES string of the molecule is Cc1[nH]c2ccc(S(=O)(=O)N(CC(=O)O)c3ccc(Cl)cc3)cc2c1C(=O)CCc1ccc(C(=N)N)cc1. The van der Waals surface area contributed by atoms with Gasteiger partial charge >= 0.3 is 5.97 Å². The van der Waals surface area contributed by atoms with Crippen LogP contribution in [0.5, 0.6) is 0 Å². The van der Waals surface area contributed by atoms with Crippen LogP contribution in [0.1, 0.15) is 33.6 Å². The van der Waals surface area contributed by atoms with Crippen LogP contribution < -0.4 is 10.0 Å². The summed E-state index contributed by atoms with van der Waals surface area (Å²) in [4.78, 5) is 27.8. The number of nitrogens with zero attached hydrogens (tertiary/aromatic N) is 1. The largest absolute Gasteiger partial charge is 0.480 e. The molecule has 0 fully saturated rings. The number of nitrogen functional groups attached to an aromatic ring is 1. The minimum atomic E-state index is -4.30. The molecule has 0 saturated carbocycles. The number of sulfonamides is 1. The Kier molecular flexibility index (Phi) is 7.56. The van der Waals surface area contributed by atoms with Crippen molar-refractivity contribution < 1.29 is 23.1 Å². The quantitative estimate of drug-likeness (QED) is 0.129. The lowest BCUT2D eigenvalue weighted by molar-refractivity contribution is -0.135. The molecule has 0 spiro atoms. The molecule has 0 aliphatic heterocycles. The number of rotatable bonds is 10. The topological polar surface area (TPSA) is 157 Å². The van der Waals surface area contributed by atoms with Gasteiger partial charge in [0.25, 0.3) is 10.0 Å². The fourth-order valence-electron chi connectivity index (χ4n) is 4.23. The molecule has 38 heavy (non-hydrogen) atoms. The van der Waals surface area contributed by atoms with Crippen molar-refractivity contribution in [3.8, 4) is 0 Å². The fraction of sp³-hybridized carbons (Fsp3) is 0.148. The fourth-order valence-corrected chi connectivity index (χ4v) is 5.80. The van der Waals surface area contributed by atoms with E-state index in [0.29, 0.717) is 39.2 Å². The highest BCUT2D eigenvalue weighted by Gasteiger charge is 2.28. The molecule has 4 aromatic rings. The number of carboxylic acid groups (broad SMARTS) is 1. The van der Waals surface area contributed by atoms with Crippen LogP contribution in [0.25, 0.3) is 10.9 Å². The number of fused-ring (bicyclic) bond motifs is 1. The average Bonchev–Trinajstić information content (AvgIpc) is 3.21. The third kappa shape index (κ3) is 5.56. The Morgan fingerprint density at radius 1 is 1.05 bits per heavy atom. The molecule has 0 radical (unpaired) electrons. The number of carboxylic acids is 1. The van der Waals surface area contributed by atoms with Gasteiger partial charge in [-0.25, -0.2) is 8.42 Å². The molecule has 0 saturated heterocycles. The molecule has 3 aromatic carbocycles. The van der Waals surface area contributed by atoms with E-state index in [1.807, 2.05) is 12.1 Å². The minimum Gasteiger partial charge on any atom is -0.480 e. The molecule has 0 aliphatic carbocycles. The van der Waals surface area contributed by atoms with E-state index in [4.69, 9.17) is 22.7 Å². The van der Waals surface area contributed by atoms with Crippen molar-refractivity contribution in [1.29, 1.82) is 5.41 Å². The van der Waals surface area contributed by atoms with Crippen molar-refractivity contribution in [2.45, 2.75) is 24.7 Å². The Hall–Kier alpha value is -4.15. The number of carbonyl (C=O) groups is 2. The first kappa shape index (κ1) is 26.9. The molecule has 0 aliphatic rings. The second-order valence-electron chi connectivity index (χ2n) is 8.75. The summed E-state index contributed by atoms with van der Waals surface area (Å²) in [6.45, 7) is 0.954. The van der Waals surface area contributed by atoms with E-state index in [-0.39, 0.29) is 28.6 Å². The Labute approximate surface area is 224 Å². The molecule has 1 aromatic heterocycles. The van der Waals surface area contributed by atoms with Crippen LogP contribution in [0.15, 0.2) is 71.6 Å². The van der Waals surface area contributed by atoms with Gasteiger partial charge < -0.3 is 15.8 Å². The minimum absolute atomic E-state index is 0.0363. The molecule has 0 unspecified atom stereocenters. The summed E-state index contributed by atoms with van der Waals surface area (Å²) in [7, 11) is -4.30. The number of aromatic amines is 1. The van der Waals surface area contributed by atoms with Gasteiger partial charge in [0.1, 0.15) is 12.4 Å². The maximum Gasteiger partial charge on any atom is 0.324 e. The van der Waals surface area contributed by atoms with Crippen molar-refractivity contribution in [3.05, 3.63) is 94.1 Å². The normalized spacial score (nSPS) is 11.4. The van der Waals surface area contributed by atoms with Gasteiger partial charge in [0.2, 0.25) is 0 Å². The molecule has 1 heterocycles. The smallest absolute Gasteiger partial charge is 0.324 e. The summed E-state index contributed by atoms with van der Waals surface area (Å²) in [6.07, 6.45) is 0.629. The maximum absolute atomic E-state index is 13.6. The van der Waals surface area contributed by atoms with Crippen LogP contribution in [0.3, 0.4) is 0 Å². The first-order valence-corrected chi connectivity index (χ1v) is 13.4. The van der Waals surface area contributed by atoms with Gasteiger partial charge in [-0.3, -0.25) is 19.3 Å². The van der Waals surface area contributed by atoms with Gasteiger partial charge in [0.05, 0.1) is 10.6 Å². The Morgan fingerprint density at radius 3 is 2.32 bits per heavy atom. The number of nitrogens with two attached hydrogens (primary N) is 1. The van der Waals surface area contributed by atoms with E-state index in [1.54, 1.807) is 25.1 Å². The third-order valence-electron chi connectivity index (χ3n) is 6.12. The number of ketones is 1. The Bertz CT molecular complexity index is 1650. The number of amidine groups is 1. The van der Waals surface area contributed by atoms with Crippen molar-refractivity contribution in [2.24, 2.45) is 5.73 Å². The van der Waals surface area contributed by atoms with Crippen LogP contribution >= 0.6 is 11.6 Å². The zero-order valence-electron chi connectivity index (χ0n) is 20.4. The summed E-state index contributed by atoms with van der Waals surface area (Å²) in [6, 6.07) is 17.2. The summed E-state index contributed by atoms with van der Waals surface area (Å²) >= 11 is 5.92. The molecule has 0 bridgehead atoms. The standard InChI is InChI=1S/C27H25ClN4O5S/c1-16-26(24(33)13-4-17-2-5-18(6-3-17)27(29)30)22-14-21(11-12-23(22)31-16)38(36,37)32(15-25(34)35)20-9-7-19(28)8-10-20/h2-3,5-12,14,31H,4,13,15H2,1H3,(H3,29,30)(H,34,35). The van der Waals surface area contributed by atoms with Crippen LogP contribution in [-0.2, 0) is 21.2 Å². The van der Waals surface area contributed by atoms with Crippen LogP contribution in [0, 0.1) is 12.3 Å². The first-order chi connectivity index (χ1) is 18.0. The van der Waals surface area contributed by atoms with Gasteiger partial charge in [0, 0.05) is 39.2 Å². The zero-order chi connectivity index (χ0) is 27.6. The number of halogens is 1. The summed E-state index contributed by atoms with van der Waals surface area (Å²) in [5.41, 5.74) is 8.71. The molecule has 0 amide bonds. The van der Waals surface area contributed by atoms with Crippen LogP contribution in [0.4, 0.5) is 5.69 Å². The van der Waals surface area contributed by atoms with Gasteiger partial charge in [-0.1, -0.05) is 35.9 Å². The van der Waals surface area contributed by atoms with E-state index in [2.05, 4.69) is 4.98 Å². The van der Waals surface area contributed by atoms with Gasteiger partial charge in [-0.05, 0) is 61.4 Å². The first-order valence-electron chi connectivity index (χ1n) is 11.6. The number of aliphatic carboxylic acids is 1. The lowest BCUT2D eigenvalue weighted by atomic mass is 10.00. The lowest BCUT2D eigenvalue weighted by Crippen LogP contribution is -2.35. The molecular weight excluding hydrogens is 528 g/mol. The van der Waals surface area contributed by atoms with Gasteiger partial charge in [-0.15, -0.1) is 0 Å². The molecule has 5 N–H and O–H groups in total. The molecule has 9 nitrogen and oxygen atoms in total. The highest BCUT2D eigenvalue weighted by molar-refractivity contribution is 7.92. The van der Waals surface area contributed by atoms with E-state index in [1.165, 1.54) is 36.4 Å². The molecule has 196 valence electrons. The number of hydrogen-bond acceptors (Lipinski definition) is 5. The number of nitrogens with one attached hydrogen (secondary N) is 2. The highest BCUT2D eigenvalue weighted by atomic mass is 35.5. The molecule has 4 rings (SSSR count). The second-order valence-corrected chi connectivity index (χ2v) is 11.0. The molecular formula is C27H25ClN4O5S. The monoisotopic (exact) mass is 552 g/mol. The van der Waals surface area contributed by atoms with Crippen molar-refractivity contribution >= 4 is 55.8 Å². The van der Waals surface area contributed by atoms with Crippen LogP contribution in [0.2, 0.25) is 5.02 Å². The lowest BCUT2D eigenvalue weighted by Gasteiger charge is -2.23. The highest BCUT2D eigenvalue weighted by Crippen LogP contribution is 2.30.